The van der Waals surface area contributed by atoms with Crippen molar-refractivity contribution in [2.75, 3.05) is 42.6 Å². The summed E-state index contributed by atoms with van der Waals surface area (Å²) >= 11 is 0. The standard InChI is InChI=1S/C29H25F3N6O5S/c30-18-14-37(15-18)20-10-23-28(34-13-20)38(4-6-42-23)26-2-1-16-11-33-19(9-22(16)36-26)12-35-29(39)17-7-21(31)27-24(8-17)44(40,41)25(32)3-5-43-27/h1-2,7-11,13,18,25H,3-6,12,14-15H2,(H,35,39)/t25-/m1/s1/i3D2,5D2,25D. The Morgan fingerprint density at radius 1 is 1.14 bits per heavy atom. The lowest BCUT2D eigenvalue weighted by Crippen LogP contribution is -2.48. The highest BCUT2D eigenvalue weighted by Gasteiger charge is 2.36. The normalized spacial score (nSPS) is 24.8. The second-order valence-corrected chi connectivity index (χ2v) is 11.9. The number of carbonyl (C=O) groups excluding carboxylic acids is 1. The number of halogens is 3. The molecule has 0 unspecified atom stereocenters. The van der Waals surface area contributed by atoms with E-state index in [9.17, 15) is 17.6 Å². The number of benzene rings is 1. The average Bonchev–Trinajstić information content (AvgIpc) is 3.07. The smallest absolute Gasteiger partial charge is 0.251 e. The third-order valence-electron chi connectivity index (χ3n) is 7.27. The van der Waals surface area contributed by atoms with Gasteiger partial charge in [0.05, 0.1) is 59.9 Å². The number of rotatable bonds is 5. The number of aromatic nitrogens is 3. The van der Waals surface area contributed by atoms with Crippen LogP contribution in [0.15, 0.2) is 53.7 Å². The second-order valence-electron chi connectivity index (χ2n) is 10.1. The molecule has 1 N–H and O–H groups in total. The molecule has 15 heteroatoms. The van der Waals surface area contributed by atoms with E-state index in [1.165, 1.54) is 6.20 Å². The van der Waals surface area contributed by atoms with Crippen LogP contribution in [0, 0.1) is 5.82 Å². The summed E-state index contributed by atoms with van der Waals surface area (Å²) in [5.74, 6) is -2.39. The molecule has 44 heavy (non-hydrogen) atoms. The highest BCUT2D eigenvalue weighted by Crippen LogP contribution is 2.38. The van der Waals surface area contributed by atoms with Crippen LogP contribution in [0.4, 0.5) is 30.5 Å². The van der Waals surface area contributed by atoms with Crippen molar-refractivity contribution in [3.8, 4) is 11.5 Å². The highest BCUT2D eigenvalue weighted by molar-refractivity contribution is 7.92. The molecule has 6 heterocycles. The third kappa shape index (κ3) is 5.00. The maximum atomic E-state index is 15.2. The van der Waals surface area contributed by atoms with Gasteiger partial charge in [0.1, 0.15) is 23.5 Å². The van der Waals surface area contributed by atoms with Crippen molar-refractivity contribution in [2.24, 2.45) is 0 Å². The minimum absolute atomic E-state index is 0.250. The maximum Gasteiger partial charge on any atom is 0.251 e. The van der Waals surface area contributed by atoms with Gasteiger partial charge in [0.15, 0.2) is 23.1 Å². The molecule has 3 aliphatic rings. The Morgan fingerprint density at radius 2 is 1.98 bits per heavy atom. The number of nitrogens with one attached hydrogen (secondary N) is 1. The van der Waals surface area contributed by atoms with Gasteiger partial charge >= 0.3 is 0 Å². The monoisotopic (exact) mass is 631 g/mol. The number of sulfone groups is 1. The topological polar surface area (TPSA) is 127 Å². The molecular weight excluding hydrogens is 601 g/mol. The van der Waals surface area contributed by atoms with Crippen LogP contribution in [0.5, 0.6) is 11.5 Å². The number of pyridine rings is 3. The van der Waals surface area contributed by atoms with Gasteiger partial charge in [-0.1, -0.05) is 0 Å². The third-order valence-corrected chi connectivity index (χ3v) is 8.73. The molecule has 0 saturated carbocycles. The van der Waals surface area contributed by atoms with Gasteiger partial charge in [-0.3, -0.25) is 9.78 Å². The Morgan fingerprint density at radius 3 is 2.80 bits per heavy atom. The first-order valence-electron chi connectivity index (χ1n) is 15.8. The molecule has 4 aromatic rings. The van der Waals surface area contributed by atoms with Crippen molar-refractivity contribution in [3.63, 3.8) is 0 Å². The Bertz CT molecular complexity index is 2140. The fourth-order valence-corrected chi connectivity index (χ4v) is 6.00. The quantitative estimate of drug-likeness (QED) is 0.349. The van der Waals surface area contributed by atoms with E-state index in [0.29, 0.717) is 72.4 Å². The number of hydrogen-bond donors (Lipinski definition) is 1. The summed E-state index contributed by atoms with van der Waals surface area (Å²) in [6.07, 6.45) is -1.81. The van der Waals surface area contributed by atoms with E-state index in [4.69, 9.17) is 16.6 Å². The van der Waals surface area contributed by atoms with Gasteiger partial charge in [0.25, 0.3) is 5.91 Å². The van der Waals surface area contributed by atoms with Crippen molar-refractivity contribution < 1.29 is 42.7 Å². The van der Waals surface area contributed by atoms with Crippen LogP contribution >= 0.6 is 0 Å². The molecule has 3 aliphatic heterocycles. The molecule has 0 spiro atoms. The summed E-state index contributed by atoms with van der Waals surface area (Å²) in [7, 11) is -5.76. The van der Waals surface area contributed by atoms with E-state index < -0.39 is 62.4 Å². The van der Waals surface area contributed by atoms with E-state index in [1.54, 1.807) is 24.4 Å². The number of amides is 1. The summed E-state index contributed by atoms with van der Waals surface area (Å²) in [5.41, 5.74) is -3.75. The lowest BCUT2D eigenvalue weighted by atomic mass is 10.1. The van der Waals surface area contributed by atoms with Gasteiger partial charge < -0.3 is 24.6 Å². The molecule has 3 aromatic heterocycles. The van der Waals surface area contributed by atoms with Crippen molar-refractivity contribution in [3.05, 3.63) is 65.9 Å². The molecule has 228 valence electrons. The average molecular weight is 632 g/mol. The molecule has 1 aromatic carbocycles. The van der Waals surface area contributed by atoms with Crippen molar-refractivity contribution in [2.45, 2.75) is 29.5 Å². The van der Waals surface area contributed by atoms with Crippen LogP contribution in [0.1, 0.15) is 29.3 Å². The Kier molecular flexibility index (Phi) is 5.60. The Labute approximate surface area is 256 Å². The number of nitrogens with zero attached hydrogens (tertiary/aromatic N) is 5. The number of carbonyl (C=O) groups is 1. The molecule has 0 bridgehead atoms. The van der Waals surface area contributed by atoms with Gasteiger partial charge in [-0.05, 0) is 30.3 Å². The molecule has 1 fully saturated rings. The summed E-state index contributed by atoms with van der Waals surface area (Å²) in [6.45, 7) is -2.65. The van der Waals surface area contributed by atoms with Crippen LogP contribution in [0.25, 0.3) is 10.9 Å². The van der Waals surface area contributed by atoms with E-state index in [2.05, 4.69) is 20.0 Å². The van der Waals surface area contributed by atoms with E-state index in [0.717, 1.165) is 5.69 Å². The summed E-state index contributed by atoms with van der Waals surface area (Å²) in [5, 5.41) is 3.11. The minimum atomic E-state index is -5.76. The van der Waals surface area contributed by atoms with Crippen LogP contribution in [0.2, 0.25) is 0 Å². The number of anilines is 3. The van der Waals surface area contributed by atoms with E-state index >= 15 is 8.78 Å². The van der Waals surface area contributed by atoms with Gasteiger partial charge in [0, 0.05) is 32.3 Å². The fraction of sp³-hybridized carbons (Fsp3) is 0.310. The lowest BCUT2D eigenvalue weighted by molar-refractivity contribution is 0.0949. The SMILES string of the molecule is [2H]C1([2H])Oc2c(F)cc(C(=O)NCc3cc4nc(N5CCOc6cc(N7CC(F)C7)cnc65)ccc4cn3)cc2S(=O)(=O)[C@@]([2H])(F)C1([2H])[2H]. The van der Waals surface area contributed by atoms with Gasteiger partial charge in [-0.2, -0.15) is 0 Å². The van der Waals surface area contributed by atoms with Crippen LogP contribution in [0.3, 0.4) is 0 Å². The molecular formula is C29H25F3N6O5S. The molecule has 11 nitrogen and oxygen atoms in total. The zero-order valence-electron chi connectivity index (χ0n) is 27.6. The summed E-state index contributed by atoms with van der Waals surface area (Å²) in [4.78, 5) is 28.9. The molecule has 0 radical (unpaired) electrons. The second kappa shape index (κ2) is 10.8. The summed E-state index contributed by atoms with van der Waals surface area (Å²) in [6, 6.07) is 7.98. The Hall–Kier alpha value is -4.66. The zero-order valence-corrected chi connectivity index (χ0v) is 23.4. The highest BCUT2D eigenvalue weighted by atomic mass is 32.2. The van der Waals surface area contributed by atoms with Gasteiger partial charge in [-0.25, -0.2) is 31.6 Å². The number of hydrogen-bond acceptors (Lipinski definition) is 10. The lowest BCUT2D eigenvalue weighted by Gasteiger charge is -2.37. The van der Waals surface area contributed by atoms with Gasteiger partial charge in [-0.15, -0.1) is 0 Å². The van der Waals surface area contributed by atoms with Crippen LogP contribution in [-0.2, 0) is 16.4 Å². The van der Waals surface area contributed by atoms with Crippen LogP contribution in [-0.4, -0.2) is 73.7 Å². The molecule has 1 saturated heterocycles. The van der Waals surface area contributed by atoms with Crippen molar-refractivity contribution >= 4 is 44.0 Å². The summed E-state index contributed by atoms with van der Waals surface area (Å²) < 4.78 is 118. The molecule has 1 amide bonds. The van der Waals surface area contributed by atoms with E-state index in [-0.39, 0.29) is 6.54 Å². The van der Waals surface area contributed by atoms with Crippen LogP contribution < -0.4 is 24.6 Å². The Balaban J connectivity index is 1.12. The predicted molar refractivity (Wildman–Crippen MR) is 153 cm³/mol. The first kappa shape index (κ1) is 22.8. The zero-order chi connectivity index (χ0) is 35.1. The first-order chi connectivity index (χ1) is 23.0. The van der Waals surface area contributed by atoms with Gasteiger partial charge in [0.2, 0.25) is 15.3 Å². The number of alkyl halides is 2. The molecule has 0 aliphatic carbocycles. The predicted octanol–water partition coefficient (Wildman–Crippen LogP) is 3.63. The van der Waals surface area contributed by atoms with Crippen molar-refractivity contribution in [1.29, 1.82) is 0 Å². The number of fused-ring (bicyclic) bond motifs is 3. The largest absolute Gasteiger partial charge is 0.489 e. The number of ether oxygens (including phenoxy) is 2. The van der Waals surface area contributed by atoms with E-state index in [1.807, 2.05) is 15.9 Å². The fourth-order valence-electron chi connectivity index (χ4n) is 4.97. The molecule has 7 rings (SSSR count). The first-order valence-corrected chi connectivity index (χ1v) is 14.8. The minimum Gasteiger partial charge on any atom is -0.489 e. The maximum absolute atomic E-state index is 15.2. The molecule has 1 atom stereocenters. The van der Waals surface area contributed by atoms with Crippen molar-refractivity contribution in [1.82, 2.24) is 20.3 Å².